The highest BCUT2D eigenvalue weighted by Crippen LogP contribution is 2.22. The van der Waals surface area contributed by atoms with E-state index < -0.39 is 5.97 Å². The number of nitrogens with zero attached hydrogens (tertiary/aromatic N) is 2. The number of carboxylic acid groups (broad SMARTS) is 1. The molecule has 0 aliphatic heterocycles. The van der Waals surface area contributed by atoms with Crippen molar-refractivity contribution in [3.63, 3.8) is 0 Å². The van der Waals surface area contributed by atoms with Gasteiger partial charge in [0.05, 0.1) is 17.6 Å². The third-order valence-corrected chi connectivity index (χ3v) is 2.97. The number of aromatic nitrogens is 2. The topological polar surface area (TPSA) is 55.1 Å². The summed E-state index contributed by atoms with van der Waals surface area (Å²) < 4.78 is 1.95. The van der Waals surface area contributed by atoms with E-state index >= 15 is 0 Å². The molecule has 0 spiro atoms. The van der Waals surface area contributed by atoms with Crippen LogP contribution < -0.4 is 0 Å². The zero-order valence-corrected chi connectivity index (χ0v) is 10.7. The lowest BCUT2D eigenvalue weighted by Gasteiger charge is -2.13. The molecule has 0 radical (unpaired) electrons. The van der Waals surface area contributed by atoms with Crippen LogP contribution in [-0.4, -0.2) is 20.6 Å². The van der Waals surface area contributed by atoms with Crippen LogP contribution in [-0.2, 0) is 0 Å². The van der Waals surface area contributed by atoms with Crippen molar-refractivity contribution in [3.05, 3.63) is 47.5 Å². The maximum atomic E-state index is 11.0. The lowest BCUT2D eigenvalue weighted by Crippen LogP contribution is -2.05. The van der Waals surface area contributed by atoms with E-state index in [1.807, 2.05) is 23.8 Å². The van der Waals surface area contributed by atoms with Crippen molar-refractivity contribution < 1.29 is 9.90 Å². The molecule has 0 amide bonds. The van der Waals surface area contributed by atoms with Gasteiger partial charge in [-0.05, 0) is 30.5 Å². The van der Waals surface area contributed by atoms with Gasteiger partial charge in [-0.3, -0.25) is 0 Å². The van der Waals surface area contributed by atoms with Gasteiger partial charge in [0.15, 0.2) is 0 Å². The summed E-state index contributed by atoms with van der Waals surface area (Å²) in [6, 6.07) is 5.13. The van der Waals surface area contributed by atoms with Gasteiger partial charge in [0.2, 0.25) is 0 Å². The van der Waals surface area contributed by atoms with Crippen LogP contribution in [0.3, 0.4) is 0 Å². The fourth-order valence-corrected chi connectivity index (χ4v) is 1.94. The fraction of sp³-hybridized carbons (Fsp3) is 0.286. The Morgan fingerprint density at radius 2 is 2.11 bits per heavy atom. The van der Waals surface area contributed by atoms with Gasteiger partial charge in [-0.25, -0.2) is 9.78 Å². The first-order valence-electron chi connectivity index (χ1n) is 5.87. The largest absolute Gasteiger partial charge is 0.478 e. The van der Waals surface area contributed by atoms with E-state index in [0.717, 1.165) is 16.9 Å². The number of aryl methyl sites for hydroxylation is 1. The lowest BCUT2D eigenvalue weighted by atomic mass is 10.1. The molecule has 1 aromatic carbocycles. The highest BCUT2D eigenvalue weighted by Gasteiger charge is 2.12. The summed E-state index contributed by atoms with van der Waals surface area (Å²) in [6.45, 7) is 6.14. The average molecular weight is 244 g/mol. The number of benzene rings is 1. The second-order valence-corrected chi connectivity index (χ2v) is 4.65. The van der Waals surface area contributed by atoms with Gasteiger partial charge in [0, 0.05) is 11.9 Å². The Hall–Kier alpha value is -2.10. The fourth-order valence-electron chi connectivity index (χ4n) is 1.94. The first kappa shape index (κ1) is 12.4. The zero-order valence-electron chi connectivity index (χ0n) is 10.7. The summed E-state index contributed by atoms with van der Waals surface area (Å²) >= 11 is 0. The minimum Gasteiger partial charge on any atom is -0.478 e. The normalized spacial score (nSPS) is 10.9. The third-order valence-electron chi connectivity index (χ3n) is 2.97. The van der Waals surface area contributed by atoms with Gasteiger partial charge >= 0.3 is 5.97 Å². The number of aromatic carboxylic acids is 1. The van der Waals surface area contributed by atoms with Crippen LogP contribution >= 0.6 is 0 Å². The predicted molar refractivity (Wildman–Crippen MR) is 69.3 cm³/mol. The van der Waals surface area contributed by atoms with Gasteiger partial charge < -0.3 is 9.67 Å². The van der Waals surface area contributed by atoms with Gasteiger partial charge in [-0.1, -0.05) is 19.9 Å². The molecule has 2 aromatic rings. The molecule has 0 bridgehead atoms. The van der Waals surface area contributed by atoms with Crippen molar-refractivity contribution in [1.29, 1.82) is 0 Å². The van der Waals surface area contributed by atoms with Gasteiger partial charge in [0.25, 0.3) is 0 Å². The predicted octanol–water partition coefficient (Wildman–Crippen LogP) is 3.00. The minimum absolute atomic E-state index is 0.291. The molecule has 0 atom stereocenters. The van der Waals surface area contributed by atoms with Crippen LogP contribution in [0.25, 0.3) is 5.69 Å². The molecule has 0 aliphatic rings. The Kier molecular flexibility index (Phi) is 3.19. The highest BCUT2D eigenvalue weighted by atomic mass is 16.4. The van der Waals surface area contributed by atoms with E-state index in [1.165, 1.54) is 0 Å². The Morgan fingerprint density at radius 3 is 2.72 bits per heavy atom. The minimum atomic E-state index is -0.914. The van der Waals surface area contributed by atoms with Gasteiger partial charge in [-0.15, -0.1) is 0 Å². The molecule has 1 N–H and O–H groups in total. The molecule has 1 aromatic heterocycles. The quantitative estimate of drug-likeness (QED) is 0.903. The number of hydrogen-bond donors (Lipinski definition) is 1. The first-order valence-corrected chi connectivity index (χ1v) is 5.87. The van der Waals surface area contributed by atoms with Crippen molar-refractivity contribution in [1.82, 2.24) is 9.55 Å². The molecule has 0 aliphatic carbocycles. The maximum absolute atomic E-state index is 11.0. The lowest BCUT2D eigenvalue weighted by molar-refractivity contribution is 0.0697. The number of carboxylic acids is 1. The van der Waals surface area contributed by atoms with Crippen LogP contribution in [0, 0.1) is 6.92 Å². The Balaban J connectivity index is 2.59. The number of imidazole rings is 1. The summed E-state index contributed by atoms with van der Waals surface area (Å²) in [6.07, 6.45) is 3.54. The van der Waals surface area contributed by atoms with Crippen molar-refractivity contribution in [2.45, 2.75) is 26.7 Å². The molecule has 2 rings (SSSR count). The molecule has 4 heteroatoms. The number of hydrogen-bond acceptors (Lipinski definition) is 2. The summed E-state index contributed by atoms with van der Waals surface area (Å²) in [5, 5.41) is 9.05. The molecule has 0 saturated heterocycles. The second-order valence-electron chi connectivity index (χ2n) is 4.65. The standard InChI is InChI=1S/C14H16N2O2/c1-9(2)13-7-15-8-16(13)12-6-11(14(17)18)5-4-10(12)3/h4-9H,1-3H3,(H,17,18). The van der Waals surface area contributed by atoms with Crippen molar-refractivity contribution in [2.75, 3.05) is 0 Å². The van der Waals surface area contributed by atoms with E-state index in [-0.39, 0.29) is 0 Å². The smallest absolute Gasteiger partial charge is 0.335 e. The van der Waals surface area contributed by atoms with E-state index in [1.54, 1.807) is 18.5 Å². The van der Waals surface area contributed by atoms with Gasteiger partial charge in [-0.2, -0.15) is 0 Å². The molecule has 4 nitrogen and oxygen atoms in total. The second kappa shape index (κ2) is 4.64. The molecule has 94 valence electrons. The Morgan fingerprint density at radius 1 is 1.39 bits per heavy atom. The molecule has 0 saturated carbocycles. The Labute approximate surface area is 106 Å². The van der Waals surface area contributed by atoms with E-state index in [9.17, 15) is 4.79 Å². The van der Waals surface area contributed by atoms with Crippen LogP contribution in [0.15, 0.2) is 30.7 Å². The molecule has 18 heavy (non-hydrogen) atoms. The van der Waals surface area contributed by atoms with Crippen LogP contribution in [0.5, 0.6) is 0 Å². The zero-order chi connectivity index (χ0) is 13.3. The summed E-state index contributed by atoms with van der Waals surface area (Å²) in [5.41, 5.74) is 3.26. The monoisotopic (exact) mass is 244 g/mol. The SMILES string of the molecule is Cc1ccc(C(=O)O)cc1-n1cncc1C(C)C. The summed E-state index contributed by atoms with van der Waals surface area (Å²) in [4.78, 5) is 15.2. The highest BCUT2D eigenvalue weighted by molar-refractivity contribution is 5.88. The first-order chi connectivity index (χ1) is 8.50. The molecule has 1 heterocycles. The van der Waals surface area contributed by atoms with E-state index in [2.05, 4.69) is 18.8 Å². The van der Waals surface area contributed by atoms with Gasteiger partial charge in [0.1, 0.15) is 0 Å². The molecular formula is C14H16N2O2. The number of carbonyl (C=O) groups is 1. The van der Waals surface area contributed by atoms with E-state index in [4.69, 9.17) is 5.11 Å². The maximum Gasteiger partial charge on any atom is 0.335 e. The van der Waals surface area contributed by atoms with Crippen molar-refractivity contribution in [2.24, 2.45) is 0 Å². The van der Waals surface area contributed by atoms with Crippen LogP contribution in [0.1, 0.15) is 41.4 Å². The van der Waals surface area contributed by atoms with Crippen LogP contribution in [0.4, 0.5) is 0 Å². The molecule has 0 unspecified atom stereocenters. The third kappa shape index (κ3) is 2.14. The van der Waals surface area contributed by atoms with Crippen LogP contribution in [0.2, 0.25) is 0 Å². The Bertz CT molecular complexity index is 585. The number of rotatable bonds is 3. The van der Waals surface area contributed by atoms with Crippen molar-refractivity contribution in [3.8, 4) is 5.69 Å². The molecule has 0 fully saturated rings. The average Bonchev–Trinajstić information content (AvgIpc) is 2.78. The van der Waals surface area contributed by atoms with E-state index in [0.29, 0.717) is 11.5 Å². The summed E-state index contributed by atoms with van der Waals surface area (Å²) in [5.74, 6) is -0.581. The summed E-state index contributed by atoms with van der Waals surface area (Å²) in [7, 11) is 0. The van der Waals surface area contributed by atoms with Crippen molar-refractivity contribution >= 4 is 5.97 Å². The molecular weight excluding hydrogens is 228 g/mol.